The van der Waals surface area contributed by atoms with E-state index in [-0.39, 0.29) is 5.82 Å². The molecule has 0 bridgehead atoms. The fraction of sp³-hybridized carbons (Fsp3) is 0. The number of halogens is 1. The van der Waals surface area contributed by atoms with Crippen LogP contribution >= 0.6 is 0 Å². The Kier molecular flexibility index (Phi) is 5.18. The number of fused-ring (bicyclic) bond motifs is 2. The minimum atomic E-state index is -0.217. The van der Waals surface area contributed by atoms with E-state index in [9.17, 15) is 4.39 Å². The van der Waals surface area contributed by atoms with Gasteiger partial charge in [-0.25, -0.2) is 4.39 Å². The Morgan fingerprint density at radius 3 is 1.30 bits per heavy atom. The predicted molar refractivity (Wildman–Crippen MR) is 181 cm³/mol. The Balaban J connectivity index is 1.23. The van der Waals surface area contributed by atoms with Crippen molar-refractivity contribution in [3.8, 4) is 33.4 Å². The van der Waals surface area contributed by atoms with E-state index < -0.39 is 0 Å². The topological polar surface area (TPSA) is 0 Å². The third-order valence-electron chi connectivity index (χ3n) is 9.08. The third kappa shape index (κ3) is 3.68. The van der Waals surface area contributed by atoms with Gasteiger partial charge in [0.25, 0.3) is 0 Å². The molecule has 0 nitrogen and oxygen atoms in total. The number of hydrogen-bond acceptors (Lipinski definition) is 0. The van der Waals surface area contributed by atoms with E-state index in [0.29, 0.717) is 0 Å². The molecular weight excluding hydrogens is 523 g/mol. The smallest absolute Gasteiger partial charge is 0.123 e. The third-order valence-corrected chi connectivity index (χ3v) is 9.08. The van der Waals surface area contributed by atoms with E-state index in [4.69, 9.17) is 0 Å². The molecule has 0 saturated carbocycles. The molecule has 0 spiro atoms. The number of hydrogen-bond donors (Lipinski definition) is 0. The first-order valence-electron chi connectivity index (χ1n) is 14.7. The normalized spacial score (nSPS) is 11.8. The quantitative estimate of drug-likeness (QED) is 0.152. The first-order valence-corrected chi connectivity index (χ1v) is 14.7. The zero-order chi connectivity index (χ0) is 28.5. The molecule has 0 saturated heterocycles. The average molecular weight is 549 g/mol. The average Bonchev–Trinajstić information content (AvgIpc) is 3.06. The van der Waals surface area contributed by atoms with Gasteiger partial charge in [0, 0.05) is 0 Å². The zero-order valence-electron chi connectivity index (χ0n) is 23.3. The van der Waals surface area contributed by atoms with Gasteiger partial charge in [0.15, 0.2) is 0 Å². The van der Waals surface area contributed by atoms with Crippen molar-refractivity contribution in [2.45, 2.75) is 0 Å². The largest absolute Gasteiger partial charge is 0.207 e. The van der Waals surface area contributed by atoms with Gasteiger partial charge in [-0.2, -0.15) is 0 Å². The second-order valence-corrected chi connectivity index (χ2v) is 11.4. The SMILES string of the molecule is Fc1ccc(-c2ccc3ccc4c(-c5ccc(-c6c7ccccc7cc7ccccc67)cc5)ccc5ccc2c3c54)cc1. The highest BCUT2D eigenvalue weighted by Crippen LogP contribution is 2.43. The van der Waals surface area contributed by atoms with E-state index in [0.717, 1.165) is 11.1 Å². The van der Waals surface area contributed by atoms with Crippen LogP contribution in [0.1, 0.15) is 0 Å². The summed E-state index contributed by atoms with van der Waals surface area (Å²) in [5.41, 5.74) is 7.07. The Labute approximate surface area is 248 Å². The molecule has 0 aliphatic rings. The van der Waals surface area contributed by atoms with Crippen LogP contribution in [0.15, 0.2) is 152 Å². The molecule has 9 rings (SSSR count). The summed E-state index contributed by atoms with van der Waals surface area (Å²) >= 11 is 0. The Hall–Kier alpha value is -5.53. The van der Waals surface area contributed by atoms with Crippen molar-refractivity contribution in [2.24, 2.45) is 0 Å². The minimum absolute atomic E-state index is 0.217. The van der Waals surface area contributed by atoms with Crippen LogP contribution in [-0.2, 0) is 0 Å². The molecule has 9 aromatic carbocycles. The number of benzene rings is 9. The summed E-state index contributed by atoms with van der Waals surface area (Å²) in [7, 11) is 0. The van der Waals surface area contributed by atoms with Crippen molar-refractivity contribution in [3.63, 3.8) is 0 Å². The maximum Gasteiger partial charge on any atom is 0.123 e. The summed E-state index contributed by atoms with van der Waals surface area (Å²) in [6.45, 7) is 0. The van der Waals surface area contributed by atoms with E-state index in [2.05, 4.69) is 127 Å². The van der Waals surface area contributed by atoms with Gasteiger partial charge in [0.2, 0.25) is 0 Å². The minimum Gasteiger partial charge on any atom is -0.207 e. The summed E-state index contributed by atoms with van der Waals surface area (Å²) in [6.07, 6.45) is 0. The fourth-order valence-corrected chi connectivity index (χ4v) is 7.08. The van der Waals surface area contributed by atoms with Crippen molar-refractivity contribution in [3.05, 3.63) is 157 Å². The van der Waals surface area contributed by atoms with Crippen LogP contribution in [0.25, 0.3) is 87.2 Å². The Morgan fingerprint density at radius 1 is 0.326 bits per heavy atom. The van der Waals surface area contributed by atoms with Crippen LogP contribution in [-0.4, -0.2) is 0 Å². The second kappa shape index (κ2) is 9.24. The van der Waals surface area contributed by atoms with Crippen LogP contribution in [0.3, 0.4) is 0 Å². The van der Waals surface area contributed by atoms with Gasteiger partial charge in [0.05, 0.1) is 0 Å². The highest BCUT2D eigenvalue weighted by Gasteiger charge is 2.16. The molecule has 1 heteroatoms. The lowest BCUT2D eigenvalue weighted by Crippen LogP contribution is -1.90. The molecule has 9 aromatic rings. The Morgan fingerprint density at radius 2 is 0.767 bits per heavy atom. The summed E-state index contributed by atoms with van der Waals surface area (Å²) in [5, 5.41) is 12.5. The predicted octanol–water partition coefficient (Wildman–Crippen LogP) is 12.0. The summed E-state index contributed by atoms with van der Waals surface area (Å²) < 4.78 is 13.7. The lowest BCUT2D eigenvalue weighted by Gasteiger charge is -2.17. The lowest BCUT2D eigenvalue weighted by atomic mass is 9.87. The second-order valence-electron chi connectivity index (χ2n) is 11.4. The molecule has 0 aliphatic carbocycles. The van der Waals surface area contributed by atoms with Gasteiger partial charge in [0.1, 0.15) is 5.82 Å². The van der Waals surface area contributed by atoms with Crippen molar-refractivity contribution in [2.75, 3.05) is 0 Å². The van der Waals surface area contributed by atoms with Crippen molar-refractivity contribution in [1.82, 2.24) is 0 Å². The first-order chi connectivity index (χ1) is 21.2. The van der Waals surface area contributed by atoms with Crippen molar-refractivity contribution < 1.29 is 4.39 Å². The zero-order valence-corrected chi connectivity index (χ0v) is 23.3. The molecule has 43 heavy (non-hydrogen) atoms. The summed E-state index contributed by atoms with van der Waals surface area (Å²) in [5.74, 6) is -0.217. The molecule has 200 valence electrons. The number of rotatable bonds is 3. The van der Waals surface area contributed by atoms with Crippen molar-refractivity contribution in [1.29, 1.82) is 0 Å². The maximum atomic E-state index is 13.7. The molecule has 0 fully saturated rings. The molecule has 0 unspecified atom stereocenters. The molecule has 0 N–H and O–H groups in total. The highest BCUT2D eigenvalue weighted by atomic mass is 19.1. The van der Waals surface area contributed by atoms with Gasteiger partial charge < -0.3 is 0 Å². The summed E-state index contributed by atoms with van der Waals surface area (Å²) in [4.78, 5) is 0. The van der Waals surface area contributed by atoms with Gasteiger partial charge in [-0.3, -0.25) is 0 Å². The highest BCUT2D eigenvalue weighted by molar-refractivity contribution is 6.27. The van der Waals surface area contributed by atoms with Gasteiger partial charge >= 0.3 is 0 Å². The van der Waals surface area contributed by atoms with Crippen LogP contribution in [0.5, 0.6) is 0 Å². The standard InChI is InChI=1S/C42H25F/c43-33-19-13-27(14-20-33)35-22-16-30-17-23-38-34(21-15-29-18-24-39(35)42(30)41(29)38)26-9-11-28(12-10-26)40-36-7-3-1-5-31(36)25-32-6-2-4-8-37(32)40/h1-25H. The van der Waals surface area contributed by atoms with Crippen LogP contribution < -0.4 is 0 Å². The Bertz CT molecular complexity index is 2430. The lowest BCUT2D eigenvalue weighted by molar-refractivity contribution is 0.628. The van der Waals surface area contributed by atoms with Crippen LogP contribution in [0, 0.1) is 5.82 Å². The molecule has 0 aromatic heterocycles. The van der Waals surface area contributed by atoms with E-state index in [1.807, 2.05) is 12.1 Å². The van der Waals surface area contributed by atoms with E-state index >= 15 is 0 Å². The fourth-order valence-electron chi connectivity index (χ4n) is 7.08. The molecule has 0 atom stereocenters. The first kappa shape index (κ1) is 24.1. The maximum absolute atomic E-state index is 13.7. The molecular formula is C42H25F. The van der Waals surface area contributed by atoms with Gasteiger partial charge in [-0.05, 0) is 105 Å². The summed E-state index contributed by atoms with van der Waals surface area (Å²) in [6, 6.07) is 53.3. The monoisotopic (exact) mass is 548 g/mol. The van der Waals surface area contributed by atoms with Crippen LogP contribution in [0.2, 0.25) is 0 Å². The molecule has 0 radical (unpaired) electrons. The van der Waals surface area contributed by atoms with Crippen LogP contribution in [0.4, 0.5) is 4.39 Å². The molecule has 0 amide bonds. The van der Waals surface area contributed by atoms with Crippen molar-refractivity contribution >= 4 is 53.9 Å². The van der Waals surface area contributed by atoms with Gasteiger partial charge in [-0.1, -0.05) is 133 Å². The van der Waals surface area contributed by atoms with E-state index in [1.165, 1.54) is 88.2 Å². The molecule has 0 heterocycles. The van der Waals surface area contributed by atoms with E-state index in [1.54, 1.807) is 0 Å². The van der Waals surface area contributed by atoms with Gasteiger partial charge in [-0.15, -0.1) is 0 Å². The molecule has 0 aliphatic heterocycles.